The van der Waals surface area contributed by atoms with Gasteiger partial charge in [-0.2, -0.15) is 0 Å². The summed E-state index contributed by atoms with van der Waals surface area (Å²) >= 11 is 0. The minimum atomic E-state index is 0.752. The van der Waals surface area contributed by atoms with E-state index < -0.39 is 0 Å². The highest BCUT2D eigenvalue weighted by Crippen LogP contribution is 2.28. The van der Waals surface area contributed by atoms with E-state index in [0.717, 1.165) is 44.8 Å². The van der Waals surface area contributed by atoms with E-state index in [0.29, 0.717) is 0 Å². The lowest BCUT2D eigenvalue weighted by Crippen LogP contribution is -2.37. The summed E-state index contributed by atoms with van der Waals surface area (Å²) in [5, 5.41) is 3.72. The van der Waals surface area contributed by atoms with E-state index in [2.05, 4.69) is 17.1 Å². The van der Waals surface area contributed by atoms with Crippen LogP contribution in [0.3, 0.4) is 0 Å². The van der Waals surface area contributed by atoms with E-state index in [9.17, 15) is 0 Å². The maximum Gasteiger partial charge on any atom is 0.0589 e. The SMILES string of the molecule is CCCNC1CCCC1CCN(CCOC)CCOC. The smallest absolute Gasteiger partial charge is 0.0589 e. The van der Waals surface area contributed by atoms with Crippen LogP contribution in [0.1, 0.15) is 39.0 Å². The maximum absolute atomic E-state index is 5.20. The van der Waals surface area contributed by atoms with Crippen molar-refractivity contribution in [3.63, 3.8) is 0 Å². The van der Waals surface area contributed by atoms with Gasteiger partial charge in [0.15, 0.2) is 0 Å². The van der Waals surface area contributed by atoms with Gasteiger partial charge in [0.05, 0.1) is 13.2 Å². The normalized spacial score (nSPS) is 22.8. The number of hydrogen-bond donors (Lipinski definition) is 1. The first kappa shape index (κ1) is 17.9. The summed E-state index contributed by atoms with van der Waals surface area (Å²) in [6.07, 6.45) is 6.68. The number of nitrogens with zero attached hydrogens (tertiary/aromatic N) is 1. The molecular weight excluding hydrogens is 252 g/mol. The first-order valence-corrected chi connectivity index (χ1v) is 8.25. The zero-order valence-electron chi connectivity index (χ0n) is 13.7. The van der Waals surface area contributed by atoms with Crippen molar-refractivity contribution >= 4 is 0 Å². The Bertz CT molecular complexity index is 219. The van der Waals surface area contributed by atoms with Gasteiger partial charge in [-0.25, -0.2) is 0 Å². The van der Waals surface area contributed by atoms with E-state index >= 15 is 0 Å². The molecule has 0 amide bonds. The number of hydrogen-bond acceptors (Lipinski definition) is 4. The van der Waals surface area contributed by atoms with Crippen molar-refractivity contribution in [2.45, 2.75) is 45.1 Å². The van der Waals surface area contributed by atoms with Crippen molar-refractivity contribution in [1.29, 1.82) is 0 Å². The predicted molar refractivity (Wildman–Crippen MR) is 84.2 cm³/mol. The summed E-state index contributed by atoms with van der Waals surface area (Å²) in [7, 11) is 3.55. The zero-order chi connectivity index (χ0) is 14.6. The first-order valence-electron chi connectivity index (χ1n) is 8.25. The molecule has 20 heavy (non-hydrogen) atoms. The highest BCUT2D eigenvalue weighted by Gasteiger charge is 2.26. The molecule has 0 saturated heterocycles. The quantitative estimate of drug-likeness (QED) is 0.596. The molecule has 4 nitrogen and oxygen atoms in total. The molecule has 0 aromatic rings. The van der Waals surface area contributed by atoms with Crippen LogP contribution in [0, 0.1) is 5.92 Å². The molecule has 1 aliphatic carbocycles. The number of ether oxygens (including phenoxy) is 2. The number of methoxy groups -OCH3 is 2. The van der Waals surface area contributed by atoms with Crippen LogP contribution in [-0.4, -0.2) is 64.6 Å². The van der Waals surface area contributed by atoms with Crippen molar-refractivity contribution in [3.8, 4) is 0 Å². The standard InChI is InChI=1S/C16H34N2O2/c1-4-9-17-16-7-5-6-15(16)8-10-18(11-13-19-2)12-14-20-3/h15-17H,4-14H2,1-3H3. The third-order valence-corrected chi connectivity index (χ3v) is 4.36. The van der Waals surface area contributed by atoms with Crippen molar-refractivity contribution < 1.29 is 9.47 Å². The highest BCUT2D eigenvalue weighted by atomic mass is 16.5. The Hall–Kier alpha value is -0.160. The summed E-state index contributed by atoms with van der Waals surface area (Å²) in [5.41, 5.74) is 0. The van der Waals surface area contributed by atoms with Crippen LogP contribution in [0.15, 0.2) is 0 Å². The monoisotopic (exact) mass is 286 g/mol. The largest absolute Gasteiger partial charge is 0.383 e. The highest BCUT2D eigenvalue weighted by molar-refractivity contribution is 4.83. The van der Waals surface area contributed by atoms with Crippen molar-refractivity contribution in [1.82, 2.24) is 10.2 Å². The molecule has 0 aliphatic heterocycles. The molecule has 0 spiro atoms. The fourth-order valence-corrected chi connectivity index (χ4v) is 3.11. The Morgan fingerprint density at radius 3 is 2.35 bits per heavy atom. The lowest BCUT2D eigenvalue weighted by atomic mass is 9.99. The molecule has 1 N–H and O–H groups in total. The first-order chi connectivity index (χ1) is 9.81. The van der Waals surface area contributed by atoms with Gasteiger partial charge in [-0.3, -0.25) is 4.90 Å². The summed E-state index contributed by atoms with van der Waals surface area (Å²) in [6.45, 7) is 8.23. The van der Waals surface area contributed by atoms with Crippen LogP contribution in [0.5, 0.6) is 0 Å². The molecule has 120 valence electrons. The lowest BCUT2D eigenvalue weighted by molar-refractivity contribution is 0.109. The second kappa shape index (κ2) is 11.5. The molecular formula is C16H34N2O2. The average Bonchev–Trinajstić information content (AvgIpc) is 2.91. The molecule has 2 atom stereocenters. The van der Waals surface area contributed by atoms with Crippen LogP contribution in [0.25, 0.3) is 0 Å². The molecule has 0 aromatic carbocycles. The maximum atomic E-state index is 5.20. The van der Waals surface area contributed by atoms with Crippen molar-refractivity contribution in [2.24, 2.45) is 5.92 Å². The van der Waals surface area contributed by atoms with Crippen LogP contribution < -0.4 is 5.32 Å². The van der Waals surface area contributed by atoms with Gasteiger partial charge in [0.1, 0.15) is 0 Å². The Kier molecular flexibility index (Phi) is 10.3. The summed E-state index contributed by atoms with van der Waals surface area (Å²) < 4.78 is 10.4. The van der Waals surface area contributed by atoms with Gasteiger partial charge >= 0.3 is 0 Å². The Morgan fingerprint density at radius 2 is 1.75 bits per heavy atom. The minimum absolute atomic E-state index is 0.752. The third kappa shape index (κ3) is 7.02. The Balaban J connectivity index is 2.28. The fraction of sp³-hybridized carbons (Fsp3) is 1.00. The second-order valence-electron chi connectivity index (χ2n) is 5.87. The third-order valence-electron chi connectivity index (χ3n) is 4.36. The van der Waals surface area contributed by atoms with Crippen LogP contribution in [0.2, 0.25) is 0 Å². The molecule has 0 radical (unpaired) electrons. The summed E-state index contributed by atoms with van der Waals surface area (Å²) in [6, 6.07) is 0.752. The van der Waals surface area contributed by atoms with E-state index in [-0.39, 0.29) is 0 Å². The summed E-state index contributed by atoms with van der Waals surface area (Å²) in [4.78, 5) is 2.47. The molecule has 0 aromatic heterocycles. The van der Waals surface area contributed by atoms with Gasteiger partial charge < -0.3 is 14.8 Å². The average molecular weight is 286 g/mol. The number of nitrogens with one attached hydrogen (secondary N) is 1. The van der Waals surface area contributed by atoms with Gasteiger partial charge in [0.25, 0.3) is 0 Å². The Labute approximate surface area is 125 Å². The summed E-state index contributed by atoms with van der Waals surface area (Å²) in [5.74, 6) is 0.856. The molecule has 1 saturated carbocycles. The van der Waals surface area contributed by atoms with Gasteiger partial charge in [-0.15, -0.1) is 0 Å². The van der Waals surface area contributed by atoms with Crippen LogP contribution in [0.4, 0.5) is 0 Å². The van der Waals surface area contributed by atoms with Crippen LogP contribution in [-0.2, 0) is 9.47 Å². The van der Waals surface area contributed by atoms with Gasteiger partial charge in [0.2, 0.25) is 0 Å². The van der Waals surface area contributed by atoms with E-state index in [1.165, 1.54) is 38.6 Å². The number of rotatable bonds is 12. The van der Waals surface area contributed by atoms with Crippen molar-refractivity contribution in [3.05, 3.63) is 0 Å². The Morgan fingerprint density at radius 1 is 1.05 bits per heavy atom. The molecule has 0 bridgehead atoms. The predicted octanol–water partition coefficient (Wildman–Crippen LogP) is 2.14. The molecule has 1 rings (SSSR count). The topological polar surface area (TPSA) is 33.7 Å². The van der Waals surface area contributed by atoms with Crippen LogP contribution >= 0.6 is 0 Å². The van der Waals surface area contributed by atoms with E-state index in [1.807, 2.05) is 0 Å². The molecule has 0 heterocycles. The van der Waals surface area contributed by atoms with E-state index in [4.69, 9.17) is 9.47 Å². The zero-order valence-corrected chi connectivity index (χ0v) is 13.7. The fourth-order valence-electron chi connectivity index (χ4n) is 3.11. The van der Waals surface area contributed by atoms with Gasteiger partial charge in [-0.05, 0) is 44.7 Å². The molecule has 2 unspecified atom stereocenters. The van der Waals surface area contributed by atoms with Gasteiger partial charge in [0, 0.05) is 33.4 Å². The van der Waals surface area contributed by atoms with Crippen molar-refractivity contribution in [2.75, 3.05) is 53.6 Å². The minimum Gasteiger partial charge on any atom is -0.383 e. The molecule has 1 fully saturated rings. The molecule has 4 heteroatoms. The van der Waals surface area contributed by atoms with E-state index in [1.54, 1.807) is 14.2 Å². The van der Waals surface area contributed by atoms with Gasteiger partial charge in [-0.1, -0.05) is 13.3 Å². The molecule has 1 aliphatic rings. The second-order valence-corrected chi connectivity index (χ2v) is 5.87. The lowest BCUT2D eigenvalue weighted by Gasteiger charge is -2.26.